The average Bonchev–Trinajstić information content (AvgIpc) is 2.41. The third kappa shape index (κ3) is 3.18. The Hall–Kier alpha value is -1.18. The third-order valence-electron chi connectivity index (χ3n) is 2.90. The van der Waals surface area contributed by atoms with E-state index >= 15 is 0 Å². The predicted octanol–water partition coefficient (Wildman–Crippen LogP) is 4.72. The van der Waals surface area contributed by atoms with Gasteiger partial charge in [-0.15, -0.1) is 11.6 Å². The lowest BCUT2D eigenvalue weighted by molar-refractivity contribution is 0.923. The normalized spacial score (nSPS) is 10.4. The number of halogens is 2. The number of alkyl halides is 1. The van der Waals surface area contributed by atoms with Crippen LogP contribution in [0.3, 0.4) is 0 Å². The van der Waals surface area contributed by atoms with Crippen LogP contribution < -0.4 is 4.90 Å². The van der Waals surface area contributed by atoms with Crippen molar-refractivity contribution in [2.24, 2.45) is 0 Å². The van der Waals surface area contributed by atoms with Crippen LogP contribution in [-0.4, -0.2) is 7.05 Å². The van der Waals surface area contributed by atoms with E-state index in [0.717, 1.165) is 28.4 Å². The van der Waals surface area contributed by atoms with Gasteiger partial charge in [0.1, 0.15) is 0 Å². The van der Waals surface area contributed by atoms with Crippen LogP contribution in [0, 0.1) is 0 Å². The molecule has 0 amide bonds. The highest BCUT2D eigenvalue weighted by Crippen LogP contribution is 2.21. The second-order valence-electron chi connectivity index (χ2n) is 4.25. The van der Waals surface area contributed by atoms with Gasteiger partial charge in [0.25, 0.3) is 0 Å². The van der Waals surface area contributed by atoms with Crippen molar-refractivity contribution in [1.82, 2.24) is 0 Å². The second-order valence-corrected chi connectivity index (χ2v) is 4.92. The van der Waals surface area contributed by atoms with Crippen molar-refractivity contribution in [3.05, 3.63) is 64.7 Å². The average molecular weight is 280 g/mol. The quantitative estimate of drug-likeness (QED) is 0.733. The van der Waals surface area contributed by atoms with Crippen molar-refractivity contribution in [1.29, 1.82) is 0 Å². The van der Waals surface area contributed by atoms with Crippen LogP contribution in [0.1, 0.15) is 11.1 Å². The number of anilines is 1. The van der Waals surface area contributed by atoms with Crippen LogP contribution in [-0.2, 0) is 12.4 Å². The number of rotatable bonds is 4. The van der Waals surface area contributed by atoms with Gasteiger partial charge in [0.05, 0.1) is 0 Å². The Bertz CT molecular complexity index is 508. The van der Waals surface area contributed by atoms with E-state index in [4.69, 9.17) is 23.2 Å². The first kappa shape index (κ1) is 13.3. The zero-order valence-corrected chi connectivity index (χ0v) is 11.7. The van der Waals surface area contributed by atoms with Gasteiger partial charge < -0.3 is 4.90 Å². The highest BCUT2D eigenvalue weighted by Gasteiger charge is 2.04. The first-order valence-electron chi connectivity index (χ1n) is 5.80. The van der Waals surface area contributed by atoms with E-state index in [1.165, 1.54) is 0 Å². The zero-order valence-electron chi connectivity index (χ0n) is 10.2. The Morgan fingerprint density at radius 1 is 1.00 bits per heavy atom. The van der Waals surface area contributed by atoms with Gasteiger partial charge in [-0.1, -0.05) is 41.9 Å². The standard InChI is InChI=1S/C15H15Cl2N/c1-18(11-13-4-2-3-5-15(13)17)14-8-6-12(10-16)7-9-14/h2-9H,10-11H2,1H3. The highest BCUT2D eigenvalue weighted by atomic mass is 35.5. The lowest BCUT2D eigenvalue weighted by Crippen LogP contribution is -2.16. The van der Waals surface area contributed by atoms with Crippen LogP contribution in [0.5, 0.6) is 0 Å². The summed E-state index contributed by atoms with van der Waals surface area (Å²) in [6, 6.07) is 16.2. The Labute approximate surface area is 118 Å². The number of benzene rings is 2. The van der Waals surface area contributed by atoms with Gasteiger partial charge in [-0.05, 0) is 29.3 Å². The molecule has 0 aliphatic carbocycles. The van der Waals surface area contributed by atoms with Crippen LogP contribution in [0.15, 0.2) is 48.5 Å². The molecule has 0 N–H and O–H groups in total. The van der Waals surface area contributed by atoms with Crippen LogP contribution >= 0.6 is 23.2 Å². The summed E-state index contributed by atoms with van der Waals surface area (Å²) in [6.07, 6.45) is 0. The summed E-state index contributed by atoms with van der Waals surface area (Å²) in [5.74, 6) is 0.550. The summed E-state index contributed by atoms with van der Waals surface area (Å²) >= 11 is 11.9. The van der Waals surface area contributed by atoms with Crippen LogP contribution in [0.2, 0.25) is 5.02 Å². The molecule has 2 aromatic carbocycles. The molecule has 18 heavy (non-hydrogen) atoms. The third-order valence-corrected chi connectivity index (χ3v) is 3.57. The monoisotopic (exact) mass is 279 g/mol. The first-order valence-corrected chi connectivity index (χ1v) is 6.71. The molecule has 0 spiro atoms. The highest BCUT2D eigenvalue weighted by molar-refractivity contribution is 6.31. The van der Waals surface area contributed by atoms with E-state index in [1.54, 1.807) is 0 Å². The zero-order chi connectivity index (χ0) is 13.0. The molecular weight excluding hydrogens is 265 g/mol. The van der Waals surface area contributed by atoms with Gasteiger partial charge in [-0.3, -0.25) is 0 Å². The van der Waals surface area contributed by atoms with E-state index in [0.29, 0.717) is 5.88 Å². The molecule has 94 valence electrons. The molecule has 0 aliphatic heterocycles. The SMILES string of the molecule is CN(Cc1ccccc1Cl)c1ccc(CCl)cc1. The second kappa shape index (κ2) is 6.12. The summed E-state index contributed by atoms with van der Waals surface area (Å²) in [5.41, 5.74) is 3.42. The summed E-state index contributed by atoms with van der Waals surface area (Å²) < 4.78 is 0. The topological polar surface area (TPSA) is 3.24 Å². The van der Waals surface area contributed by atoms with E-state index in [9.17, 15) is 0 Å². The number of hydrogen-bond donors (Lipinski definition) is 0. The molecule has 3 heteroatoms. The van der Waals surface area contributed by atoms with Crippen molar-refractivity contribution < 1.29 is 0 Å². The number of nitrogens with zero attached hydrogens (tertiary/aromatic N) is 1. The van der Waals surface area contributed by atoms with E-state index in [-0.39, 0.29) is 0 Å². The fourth-order valence-electron chi connectivity index (χ4n) is 1.81. The van der Waals surface area contributed by atoms with E-state index in [2.05, 4.69) is 24.1 Å². The predicted molar refractivity (Wildman–Crippen MR) is 79.6 cm³/mol. The summed E-state index contributed by atoms with van der Waals surface area (Å²) in [6.45, 7) is 0.792. The van der Waals surface area contributed by atoms with E-state index < -0.39 is 0 Å². The Balaban J connectivity index is 2.11. The molecule has 0 saturated carbocycles. The molecule has 0 fully saturated rings. The minimum atomic E-state index is 0.550. The summed E-state index contributed by atoms with van der Waals surface area (Å²) in [7, 11) is 2.05. The van der Waals surface area contributed by atoms with Crippen LogP contribution in [0.4, 0.5) is 5.69 Å². The molecule has 0 heterocycles. The van der Waals surface area contributed by atoms with Gasteiger partial charge in [-0.25, -0.2) is 0 Å². The first-order chi connectivity index (χ1) is 8.70. The lowest BCUT2D eigenvalue weighted by Gasteiger charge is -2.20. The summed E-state index contributed by atoms with van der Waals surface area (Å²) in [4.78, 5) is 2.17. The Kier molecular flexibility index (Phi) is 4.51. The Morgan fingerprint density at radius 3 is 2.28 bits per heavy atom. The molecule has 0 saturated heterocycles. The molecule has 0 aromatic heterocycles. The van der Waals surface area contributed by atoms with Gasteiger partial charge >= 0.3 is 0 Å². The molecule has 0 aliphatic rings. The van der Waals surface area contributed by atoms with Crippen molar-refractivity contribution in [2.75, 3.05) is 11.9 Å². The molecule has 0 unspecified atom stereocenters. The van der Waals surface area contributed by atoms with Crippen molar-refractivity contribution in [2.45, 2.75) is 12.4 Å². The van der Waals surface area contributed by atoms with Crippen molar-refractivity contribution in [3.8, 4) is 0 Å². The minimum Gasteiger partial charge on any atom is -0.370 e. The van der Waals surface area contributed by atoms with Gasteiger partial charge in [-0.2, -0.15) is 0 Å². The fraction of sp³-hybridized carbons (Fsp3) is 0.200. The summed E-state index contributed by atoms with van der Waals surface area (Å²) in [5, 5.41) is 0.807. The van der Waals surface area contributed by atoms with Crippen molar-refractivity contribution in [3.63, 3.8) is 0 Å². The van der Waals surface area contributed by atoms with E-state index in [1.807, 2.05) is 36.4 Å². The molecule has 1 nitrogen and oxygen atoms in total. The van der Waals surface area contributed by atoms with Gasteiger partial charge in [0, 0.05) is 30.2 Å². The molecular formula is C15H15Cl2N. The maximum absolute atomic E-state index is 6.16. The van der Waals surface area contributed by atoms with Crippen molar-refractivity contribution >= 4 is 28.9 Å². The maximum atomic E-state index is 6.16. The minimum absolute atomic E-state index is 0.550. The lowest BCUT2D eigenvalue weighted by atomic mass is 10.2. The molecule has 0 bridgehead atoms. The Morgan fingerprint density at radius 2 is 1.67 bits per heavy atom. The van der Waals surface area contributed by atoms with Gasteiger partial charge in [0.15, 0.2) is 0 Å². The smallest absolute Gasteiger partial charge is 0.0474 e. The fourth-order valence-corrected chi connectivity index (χ4v) is 2.19. The molecule has 0 radical (unpaired) electrons. The van der Waals surface area contributed by atoms with Gasteiger partial charge in [0.2, 0.25) is 0 Å². The maximum Gasteiger partial charge on any atom is 0.0474 e. The molecule has 2 aromatic rings. The molecule has 0 atom stereocenters. The molecule has 2 rings (SSSR count). The largest absolute Gasteiger partial charge is 0.370 e. The van der Waals surface area contributed by atoms with Crippen LogP contribution in [0.25, 0.3) is 0 Å². The number of hydrogen-bond acceptors (Lipinski definition) is 1.